The molecule has 1 aromatic carbocycles. The number of thiophene rings is 1. The van der Waals surface area contributed by atoms with Crippen molar-refractivity contribution >= 4 is 34.7 Å². The summed E-state index contributed by atoms with van der Waals surface area (Å²) in [5, 5.41) is 12.6. The van der Waals surface area contributed by atoms with Gasteiger partial charge in [0, 0.05) is 33.1 Å². The van der Waals surface area contributed by atoms with E-state index in [4.69, 9.17) is 11.6 Å². The van der Waals surface area contributed by atoms with Crippen LogP contribution in [0.3, 0.4) is 0 Å². The normalized spacial score (nSPS) is 10.9. The lowest BCUT2D eigenvalue weighted by Crippen LogP contribution is -2.00. The summed E-state index contributed by atoms with van der Waals surface area (Å²) in [6, 6.07) is 10.1. The number of nitrogens with zero attached hydrogens (tertiary/aromatic N) is 3. The van der Waals surface area contributed by atoms with E-state index < -0.39 is 0 Å². The minimum Gasteiger partial charge on any atom is -0.298 e. The van der Waals surface area contributed by atoms with Crippen LogP contribution in [0.25, 0.3) is 11.4 Å². The van der Waals surface area contributed by atoms with Crippen LogP contribution in [0.2, 0.25) is 5.02 Å². The van der Waals surface area contributed by atoms with Crippen molar-refractivity contribution < 1.29 is 0 Å². The fourth-order valence-electron chi connectivity index (χ4n) is 2.36. The largest absolute Gasteiger partial charge is 0.298 e. The predicted octanol–water partition coefficient (Wildman–Crippen LogP) is 5.70. The number of hydrogen-bond acceptors (Lipinski definition) is 4. The second-order valence-corrected chi connectivity index (χ2v) is 7.65. The Kier molecular flexibility index (Phi) is 5.76. The molecule has 24 heavy (non-hydrogen) atoms. The van der Waals surface area contributed by atoms with Crippen molar-refractivity contribution in [1.82, 2.24) is 14.8 Å². The van der Waals surface area contributed by atoms with E-state index in [2.05, 4.69) is 45.8 Å². The third-order valence-electron chi connectivity index (χ3n) is 3.55. The molecule has 124 valence electrons. The van der Waals surface area contributed by atoms with Crippen LogP contribution in [0, 0.1) is 0 Å². The Balaban J connectivity index is 1.84. The molecular formula is C18H18ClN3S2. The highest BCUT2D eigenvalue weighted by Gasteiger charge is 2.15. The van der Waals surface area contributed by atoms with Gasteiger partial charge >= 0.3 is 0 Å². The molecule has 0 bridgehead atoms. The minimum atomic E-state index is 0.692. The summed E-state index contributed by atoms with van der Waals surface area (Å²) in [4.78, 5) is 1.35. The van der Waals surface area contributed by atoms with Crippen LogP contribution in [0.5, 0.6) is 0 Å². The van der Waals surface area contributed by atoms with Crippen LogP contribution in [0.4, 0.5) is 0 Å². The molecule has 0 atom stereocenters. The van der Waals surface area contributed by atoms with Crippen LogP contribution in [0.1, 0.15) is 17.4 Å². The van der Waals surface area contributed by atoms with Gasteiger partial charge in [-0.2, -0.15) is 0 Å². The molecule has 6 heteroatoms. The summed E-state index contributed by atoms with van der Waals surface area (Å²) in [6.45, 7) is 6.72. The molecule has 2 heterocycles. The average molecular weight is 376 g/mol. The van der Waals surface area contributed by atoms with Gasteiger partial charge < -0.3 is 0 Å². The van der Waals surface area contributed by atoms with Gasteiger partial charge in [0.1, 0.15) is 0 Å². The minimum absolute atomic E-state index is 0.692. The highest BCUT2D eigenvalue weighted by atomic mass is 35.5. The highest BCUT2D eigenvalue weighted by molar-refractivity contribution is 7.98. The summed E-state index contributed by atoms with van der Waals surface area (Å²) in [5.74, 6) is 1.71. The second-order valence-electron chi connectivity index (χ2n) is 5.28. The Morgan fingerprint density at radius 3 is 2.92 bits per heavy atom. The van der Waals surface area contributed by atoms with E-state index in [0.29, 0.717) is 6.54 Å². The molecule has 0 aliphatic rings. The predicted molar refractivity (Wildman–Crippen MR) is 104 cm³/mol. The third kappa shape index (κ3) is 3.91. The summed E-state index contributed by atoms with van der Waals surface area (Å²) in [5.41, 5.74) is 2.30. The van der Waals surface area contributed by atoms with E-state index in [9.17, 15) is 0 Å². The zero-order valence-electron chi connectivity index (χ0n) is 13.4. The molecule has 0 saturated carbocycles. The molecule has 0 N–H and O–H groups in total. The first-order valence-corrected chi connectivity index (χ1v) is 9.94. The van der Waals surface area contributed by atoms with Crippen molar-refractivity contribution in [3.05, 3.63) is 63.8 Å². The third-order valence-corrected chi connectivity index (χ3v) is 5.90. The Morgan fingerprint density at radius 2 is 2.21 bits per heavy atom. The zero-order chi connectivity index (χ0) is 16.9. The lowest BCUT2D eigenvalue weighted by molar-refractivity contribution is 0.731. The van der Waals surface area contributed by atoms with Gasteiger partial charge in [-0.15, -0.1) is 28.1 Å². The fourth-order valence-corrected chi connectivity index (χ4v) is 4.28. The molecule has 0 spiro atoms. The lowest BCUT2D eigenvalue weighted by Gasteiger charge is -2.07. The molecule has 0 radical (unpaired) electrons. The van der Waals surface area contributed by atoms with E-state index in [1.165, 1.54) is 10.4 Å². The fraction of sp³-hybridized carbons (Fsp3) is 0.222. The number of aryl methyl sites for hydroxylation is 1. The molecule has 0 amide bonds. The molecule has 0 aliphatic heterocycles. The standard InChI is InChI=1S/C18H18ClN3S2/c1-3-8-22-17(14-10-16(4-2)23-12-14)20-21-18(22)24-11-13-6-5-7-15(19)9-13/h3,5-7,9-10,12H,1,4,8,11H2,2H3. The monoisotopic (exact) mass is 375 g/mol. The van der Waals surface area contributed by atoms with Gasteiger partial charge in [-0.05, 0) is 30.2 Å². The number of hydrogen-bond donors (Lipinski definition) is 0. The summed E-state index contributed by atoms with van der Waals surface area (Å²) in [7, 11) is 0. The van der Waals surface area contributed by atoms with E-state index in [-0.39, 0.29) is 0 Å². The van der Waals surface area contributed by atoms with Crippen LogP contribution < -0.4 is 0 Å². The first-order valence-electron chi connectivity index (χ1n) is 7.70. The van der Waals surface area contributed by atoms with Crippen molar-refractivity contribution in [3.8, 4) is 11.4 Å². The Morgan fingerprint density at radius 1 is 1.33 bits per heavy atom. The zero-order valence-corrected chi connectivity index (χ0v) is 15.8. The van der Waals surface area contributed by atoms with Crippen molar-refractivity contribution in [3.63, 3.8) is 0 Å². The lowest BCUT2D eigenvalue weighted by atomic mass is 10.2. The summed E-state index contributed by atoms with van der Waals surface area (Å²) in [6.07, 6.45) is 2.92. The van der Waals surface area contributed by atoms with Gasteiger partial charge in [0.15, 0.2) is 11.0 Å². The quantitative estimate of drug-likeness (QED) is 0.392. The van der Waals surface area contributed by atoms with Gasteiger partial charge in [0.2, 0.25) is 0 Å². The van der Waals surface area contributed by atoms with Crippen molar-refractivity contribution in [2.75, 3.05) is 0 Å². The van der Waals surface area contributed by atoms with Crippen LogP contribution >= 0.6 is 34.7 Å². The molecule has 0 saturated heterocycles. The molecule has 0 aliphatic carbocycles. The Hall–Kier alpha value is -1.56. The molecule has 3 nitrogen and oxygen atoms in total. The maximum absolute atomic E-state index is 6.05. The van der Waals surface area contributed by atoms with Gasteiger partial charge in [-0.1, -0.05) is 48.5 Å². The first-order chi connectivity index (χ1) is 11.7. The highest BCUT2D eigenvalue weighted by Crippen LogP contribution is 2.29. The first kappa shape index (κ1) is 17.3. The van der Waals surface area contributed by atoms with Gasteiger partial charge in [-0.25, -0.2) is 0 Å². The van der Waals surface area contributed by atoms with Gasteiger partial charge in [-0.3, -0.25) is 4.57 Å². The van der Waals surface area contributed by atoms with Crippen LogP contribution in [-0.2, 0) is 18.7 Å². The van der Waals surface area contributed by atoms with Crippen molar-refractivity contribution in [2.24, 2.45) is 0 Å². The van der Waals surface area contributed by atoms with Gasteiger partial charge in [0.05, 0.1) is 0 Å². The Labute approximate surface area is 155 Å². The van der Waals surface area contributed by atoms with Crippen molar-refractivity contribution in [1.29, 1.82) is 0 Å². The second kappa shape index (κ2) is 8.01. The SMILES string of the molecule is C=CCn1c(SCc2cccc(Cl)c2)nnc1-c1csc(CC)c1. The summed E-state index contributed by atoms with van der Waals surface area (Å²) >= 11 is 9.48. The number of benzene rings is 1. The number of rotatable bonds is 7. The molecule has 0 fully saturated rings. The van der Waals surface area contributed by atoms with Gasteiger partial charge in [0.25, 0.3) is 0 Å². The van der Waals surface area contributed by atoms with E-state index in [0.717, 1.165) is 33.7 Å². The number of allylic oxidation sites excluding steroid dienone is 1. The number of halogens is 1. The molecular weight excluding hydrogens is 358 g/mol. The molecule has 3 aromatic rings. The number of thioether (sulfide) groups is 1. The molecule has 2 aromatic heterocycles. The Bertz CT molecular complexity index is 838. The smallest absolute Gasteiger partial charge is 0.192 e. The maximum atomic E-state index is 6.05. The van der Waals surface area contributed by atoms with E-state index in [1.54, 1.807) is 23.1 Å². The average Bonchev–Trinajstić information content (AvgIpc) is 3.20. The van der Waals surface area contributed by atoms with Crippen LogP contribution in [-0.4, -0.2) is 14.8 Å². The maximum Gasteiger partial charge on any atom is 0.192 e. The topological polar surface area (TPSA) is 30.7 Å². The summed E-state index contributed by atoms with van der Waals surface area (Å²) < 4.78 is 2.11. The van der Waals surface area contributed by atoms with Crippen LogP contribution in [0.15, 0.2) is 53.5 Å². The number of aromatic nitrogens is 3. The van der Waals surface area contributed by atoms with Crippen molar-refractivity contribution in [2.45, 2.75) is 30.8 Å². The molecule has 3 rings (SSSR count). The van der Waals surface area contributed by atoms with E-state index >= 15 is 0 Å². The molecule has 0 unspecified atom stereocenters. The van der Waals surface area contributed by atoms with E-state index in [1.807, 2.05) is 24.3 Å².